The van der Waals surface area contributed by atoms with Crippen LogP contribution in [0.2, 0.25) is 0 Å². The van der Waals surface area contributed by atoms with Crippen LogP contribution in [0.25, 0.3) is 0 Å². The Bertz CT molecular complexity index is 314. The Morgan fingerprint density at radius 3 is 3.00 bits per heavy atom. The van der Waals surface area contributed by atoms with E-state index in [2.05, 4.69) is 26.2 Å². The van der Waals surface area contributed by atoms with E-state index in [1.54, 1.807) is 19.4 Å². The first kappa shape index (κ1) is 12.1. The van der Waals surface area contributed by atoms with Gasteiger partial charge >= 0.3 is 0 Å². The van der Waals surface area contributed by atoms with Gasteiger partial charge in [-0.25, -0.2) is 4.98 Å². The van der Waals surface area contributed by atoms with Crippen LogP contribution >= 0.6 is 15.9 Å². The summed E-state index contributed by atoms with van der Waals surface area (Å²) in [6, 6.07) is 3.58. The number of carbonyl (C=O) groups excluding carboxylic acids is 1. The molecule has 0 fully saturated rings. The van der Waals surface area contributed by atoms with Gasteiger partial charge in [0.1, 0.15) is 5.82 Å². The van der Waals surface area contributed by atoms with Gasteiger partial charge in [-0.3, -0.25) is 4.79 Å². The second-order valence-corrected chi connectivity index (χ2v) is 3.92. The summed E-state index contributed by atoms with van der Waals surface area (Å²) in [6.07, 6.45) is 2.81. The van der Waals surface area contributed by atoms with Crippen molar-refractivity contribution >= 4 is 27.7 Å². The van der Waals surface area contributed by atoms with Crippen LogP contribution < -0.4 is 5.32 Å². The lowest BCUT2D eigenvalue weighted by molar-refractivity contribution is -0.116. The first-order chi connectivity index (χ1) is 7.22. The Morgan fingerprint density at radius 2 is 2.40 bits per heavy atom. The van der Waals surface area contributed by atoms with E-state index in [1.807, 2.05) is 6.07 Å². The predicted molar refractivity (Wildman–Crippen MR) is 61.7 cm³/mol. The Hall–Kier alpha value is -0.940. The van der Waals surface area contributed by atoms with Gasteiger partial charge in [0.05, 0.1) is 0 Å². The van der Waals surface area contributed by atoms with Crippen molar-refractivity contribution in [1.82, 2.24) is 4.98 Å². The number of aromatic nitrogens is 1. The first-order valence-electron chi connectivity index (χ1n) is 4.62. The fourth-order valence-corrected chi connectivity index (χ4v) is 1.27. The molecule has 0 saturated carbocycles. The van der Waals surface area contributed by atoms with E-state index in [9.17, 15) is 4.79 Å². The summed E-state index contributed by atoms with van der Waals surface area (Å²) in [4.78, 5) is 15.4. The van der Waals surface area contributed by atoms with Crippen molar-refractivity contribution in [2.75, 3.05) is 19.0 Å². The number of anilines is 1. The van der Waals surface area contributed by atoms with Gasteiger partial charge in [0, 0.05) is 30.8 Å². The Morgan fingerprint density at radius 1 is 1.60 bits per heavy atom. The molecular formula is C10H13BrN2O2. The lowest BCUT2D eigenvalue weighted by Gasteiger charge is -2.03. The largest absolute Gasteiger partial charge is 0.385 e. The molecule has 0 bridgehead atoms. The maximum absolute atomic E-state index is 11.4. The van der Waals surface area contributed by atoms with E-state index < -0.39 is 0 Å². The highest BCUT2D eigenvalue weighted by atomic mass is 79.9. The van der Waals surface area contributed by atoms with Gasteiger partial charge in [-0.15, -0.1) is 0 Å². The normalized spacial score (nSPS) is 10.0. The van der Waals surface area contributed by atoms with Gasteiger partial charge in [-0.1, -0.05) is 0 Å². The summed E-state index contributed by atoms with van der Waals surface area (Å²) < 4.78 is 5.75. The van der Waals surface area contributed by atoms with E-state index >= 15 is 0 Å². The van der Waals surface area contributed by atoms with E-state index in [0.29, 0.717) is 18.8 Å². The molecule has 1 rings (SSSR count). The molecule has 0 spiro atoms. The van der Waals surface area contributed by atoms with E-state index in [0.717, 1.165) is 10.9 Å². The van der Waals surface area contributed by atoms with Crippen LogP contribution in [0.3, 0.4) is 0 Å². The van der Waals surface area contributed by atoms with Crippen LogP contribution in [0.5, 0.6) is 0 Å². The van der Waals surface area contributed by atoms with Gasteiger partial charge in [0.2, 0.25) is 5.91 Å². The molecule has 1 aromatic heterocycles. The number of amides is 1. The maximum Gasteiger partial charge on any atom is 0.225 e. The number of hydrogen-bond acceptors (Lipinski definition) is 3. The van der Waals surface area contributed by atoms with Crippen molar-refractivity contribution in [2.45, 2.75) is 12.8 Å². The summed E-state index contributed by atoms with van der Waals surface area (Å²) in [7, 11) is 1.62. The number of hydrogen-bond donors (Lipinski definition) is 1. The highest BCUT2D eigenvalue weighted by molar-refractivity contribution is 9.10. The number of methoxy groups -OCH3 is 1. The number of ether oxygens (including phenoxy) is 1. The van der Waals surface area contributed by atoms with Crippen LogP contribution in [0, 0.1) is 0 Å². The monoisotopic (exact) mass is 272 g/mol. The third kappa shape index (κ3) is 4.90. The summed E-state index contributed by atoms with van der Waals surface area (Å²) in [5.41, 5.74) is 0. The van der Waals surface area contributed by atoms with Crippen LogP contribution in [0.1, 0.15) is 12.8 Å². The van der Waals surface area contributed by atoms with Gasteiger partial charge in [0.15, 0.2) is 0 Å². The van der Waals surface area contributed by atoms with Crippen molar-refractivity contribution in [3.8, 4) is 0 Å². The molecule has 0 saturated heterocycles. The van der Waals surface area contributed by atoms with Crippen molar-refractivity contribution in [1.29, 1.82) is 0 Å². The number of carbonyl (C=O) groups is 1. The van der Waals surface area contributed by atoms with Gasteiger partial charge in [-0.2, -0.15) is 0 Å². The second-order valence-electron chi connectivity index (χ2n) is 3.01. The van der Waals surface area contributed by atoms with Crippen LogP contribution in [0.15, 0.2) is 22.8 Å². The standard InChI is InChI=1S/C10H13BrN2O2/c1-15-6-2-3-10(14)13-9-5-4-8(11)7-12-9/h4-5,7H,2-3,6H2,1H3,(H,12,13,14). The fourth-order valence-electron chi connectivity index (χ4n) is 1.03. The third-order valence-corrected chi connectivity index (χ3v) is 2.22. The van der Waals surface area contributed by atoms with Crippen molar-refractivity contribution in [3.63, 3.8) is 0 Å². The molecule has 1 amide bonds. The average Bonchev–Trinajstić information content (AvgIpc) is 2.22. The first-order valence-corrected chi connectivity index (χ1v) is 5.42. The lowest BCUT2D eigenvalue weighted by Crippen LogP contribution is -2.12. The molecule has 0 aromatic carbocycles. The van der Waals surface area contributed by atoms with Crippen molar-refractivity contribution in [2.24, 2.45) is 0 Å². The molecule has 1 heterocycles. The molecule has 0 atom stereocenters. The number of halogens is 1. The van der Waals surface area contributed by atoms with Crippen LogP contribution in [-0.4, -0.2) is 24.6 Å². The molecule has 4 nitrogen and oxygen atoms in total. The lowest BCUT2D eigenvalue weighted by atomic mass is 10.3. The van der Waals surface area contributed by atoms with Gasteiger partial charge < -0.3 is 10.1 Å². The van der Waals surface area contributed by atoms with E-state index in [4.69, 9.17) is 4.74 Å². The Kier molecular flexibility index (Phi) is 5.28. The van der Waals surface area contributed by atoms with Gasteiger partial charge in [-0.05, 0) is 34.5 Å². The second kappa shape index (κ2) is 6.53. The van der Waals surface area contributed by atoms with E-state index in [-0.39, 0.29) is 5.91 Å². The molecule has 0 aliphatic carbocycles. The Labute approximate surface area is 97.2 Å². The zero-order chi connectivity index (χ0) is 11.1. The summed E-state index contributed by atoms with van der Waals surface area (Å²) >= 11 is 3.27. The minimum absolute atomic E-state index is 0.0399. The maximum atomic E-state index is 11.4. The minimum Gasteiger partial charge on any atom is -0.385 e. The number of nitrogens with one attached hydrogen (secondary N) is 1. The predicted octanol–water partition coefficient (Wildman–Crippen LogP) is 2.21. The SMILES string of the molecule is COCCCC(=O)Nc1ccc(Br)cn1. The fraction of sp³-hybridized carbons (Fsp3) is 0.400. The number of nitrogens with zero attached hydrogens (tertiary/aromatic N) is 1. The zero-order valence-electron chi connectivity index (χ0n) is 8.50. The molecule has 1 N–H and O–H groups in total. The number of rotatable bonds is 5. The Balaban J connectivity index is 2.34. The highest BCUT2D eigenvalue weighted by Gasteiger charge is 2.02. The molecule has 0 unspecified atom stereocenters. The average molecular weight is 273 g/mol. The highest BCUT2D eigenvalue weighted by Crippen LogP contribution is 2.10. The van der Waals surface area contributed by atoms with Crippen molar-refractivity contribution in [3.05, 3.63) is 22.8 Å². The molecule has 0 radical (unpaired) electrons. The minimum atomic E-state index is -0.0399. The number of pyridine rings is 1. The zero-order valence-corrected chi connectivity index (χ0v) is 10.1. The quantitative estimate of drug-likeness (QED) is 0.837. The molecule has 1 aromatic rings. The molecule has 5 heteroatoms. The molecular weight excluding hydrogens is 260 g/mol. The molecule has 15 heavy (non-hydrogen) atoms. The van der Waals surface area contributed by atoms with Crippen LogP contribution in [0.4, 0.5) is 5.82 Å². The van der Waals surface area contributed by atoms with Gasteiger partial charge in [0.25, 0.3) is 0 Å². The summed E-state index contributed by atoms with van der Waals surface area (Å²) in [5, 5.41) is 2.70. The molecule has 0 aliphatic rings. The third-order valence-electron chi connectivity index (χ3n) is 1.75. The summed E-state index contributed by atoms with van der Waals surface area (Å²) in [5.74, 6) is 0.530. The topological polar surface area (TPSA) is 51.2 Å². The molecule has 82 valence electrons. The smallest absolute Gasteiger partial charge is 0.225 e. The summed E-state index contributed by atoms with van der Waals surface area (Å²) in [6.45, 7) is 0.598. The van der Waals surface area contributed by atoms with E-state index in [1.165, 1.54) is 0 Å². The molecule has 0 aliphatic heterocycles. The van der Waals surface area contributed by atoms with Crippen molar-refractivity contribution < 1.29 is 9.53 Å². The van der Waals surface area contributed by atoms with Crippen LogP contribution in [-0.2, 0) is 9.53 Å².